The molecule has 2 heterocycles. The molecule has 1 aromatic carbocycles. The Morgan fingerprint density at radius 2 is 1.80 bits per heavy atom. The third kappa shape index (κ3) is 3.09. The van der Waals surface area contributed by atoms with Gasteiger partial charge in [-0.1, -0.05) is 29.3 Å². The molecule has 0 saturated carbocycles. The second kappa shape index (κ2) is 6.86. The molecule has 0 radical (unpaired) electrons. The molecule has 25 heavy (non-hydrogen) atoms. The Labute approximate surface area is 160 Å². The summed E-state index contributed by atoms with van der Waals surface area (Å²) in [6, 6.07) is 5.08. The van der Waals surface area contributed by atoms with Crippen molar-refractivity contribution in [2.24, 2.45) is 14.1 Å². The molecule has 0 aliphatic heterocycles. The Kier molecular flexibility index (Phi) is 4.95. The highest BCUT2D eigenvalue weighted by molar-refractivity contribution is 9.10. The summed E-state index contributed by atoms with van der Waals surface area (Å²) in [5.74, 6) is 0.385. The van der Waals surface area contributed by atoms with Gasteiger partial charge in [0.25, 0.3) is 5.56 Å². The van der Waals surface area contributed by atoms with Crippen LogP contribution in [-0.4, -0.2) is 25.3 Å². The van der Waals surface area contributed by atoms with Crippen LogP contribution in [0.3, 0.4) is 0 Å². The van der Waals surface area contributed by atoms with E-state index in [2.05, 4.69) is 20.9 Å². The molecule has 0 spiro atoms. The van der Waals surface area contributed by atoms with Gasteiger partial charge in [-0.3, -0.25) is 13.9 Å². The highest BCUT2D eigenvalue weighted by Crippen LogP contribution is 2.32. The predicted octanol–water partition coefficient (Wildman–Crippen LogP) is 2.58. The van der Waals surface area contributed by atoms with E-state index >= 15 is 0 Å². The number of hydrogen-bond acceptors (Lipinski definition) is 4. The minimum Gasteiger partial charge on any atom is -0.489 e. The van der Waals surface area contributed by atoms with Crippen LogP contribution in [0.1, 0.15) is 0 Å². The zero-order valence-electron chi connectivity index (χ0n) is 13.3. The molecule has 0 aliphatic rings. The molecule has 3 rings (SSSR count). The lowest BCUT2D eigenvalue weighted by atomic mass is 10.3. The van der Waals surface area contributed by atoms with E-state index in [0.29, 0.717) is 32.7 Å². The number of aromatic nitrogens is 4. The zero-order chi connectivity index (χ0) is 18.3. The van der Waals surface area contributed by atoms with E-state index in [1.165, 1.54) is 11.6 Å². The van der Waals surface area contributed by atoms with Crippen LogP contribution in [0.4, 0.5) is 0 Å². The number of para-hydroxylation sites is 1. The third-order valence-corrected chi connectivity index (χ3v) is 4.97. The summed E-state index contributed by atoms with van der Waals surface area (Å²) in [5, 5.41) is 0.812. The van der Waals surface area contributed by atoms with E-state index in [1.54, 1.807) is 29.8 Å². The Morgan fingerprint density at radius 1 is 1.16 bits per heavy atom. The normalized spacial score (nSPS) is 11.2. The molecule has 0 fully saturated rings. The molecule has 3 aromatic rings. The lowest BCUT2D eigenvalue weighted by Gasteiger charge is -2.12. The smallest absolute Gasteiger partial charge is 0.332 e. The first-order chi connectivity index (χ1) is 11.8. The van der Waals surface area contributed by atoms with Gasteiger partial charge < -0.3 is 9.30 Å². The number of aryl methyl sites for hydroxylation is 1. The number of fused-ring (bicyclic) bond motifs is 1. The van der Waals surface area contributed by atoms with E-state index < -0.39 is 11.2 Å². The molecular formula is C15H13BrCl2N4O3. The molecule has 10 heteroatoms. The first kappa shape index (κ1) is 18.0. The van der Waals surface area contributed by atoms with Gasteiger partial charge in [-0.15, -0.1) is 0 Å². The van der Waals surface area contributed by atoms with Crippen molar-refractivity contribution in [3.63, 3.8) is 0 Å². The van der Waals surface area contributed by atoms with Gasteiger partial charge in [-0.05, 0) is 28.1 Å². The van der Waals surface area contributed by atoms with Crippen LogP contribution in [0.5, 0.6) is 5.75 Å². The number of hydrogen-bond donors (Lipinski definition) is 0. The lowest BCUT2D eigenvalue weighted by molar-refractivity contribution is 0.298. The fraction of sp³-hybridized carbons (Fsp3) is 0.267. The number of ether oxygens (including phenoxy) is 1. The zero-order valence-corrected chi connectivity index (χ0v) is 16.4. The van der Waals surface area contributed by atoms with E-state index in [9.17, 15) is 9.59 Å². The molecule has 2 aromatic heterocycles. The number of rotatable bonds is 4. The Hall–Kier alpha value is -1.77. The first-order valence-corrected chi connectivity index (χ1v) is 8.76. The second-order valence-electron chi connectivity index (χ2n) is 5.31. The molecule has 0 saturated heterocycles. The largest absolute Gasteiger partial charge is 0.489 e. The fourth-order valence-corrected chi connectivity index (χ4v) is 3.55. The SMILES string of the molecule is Cn1c(=O)c2nc(Br)n(CCOc3c(Cl)cccc3Cl)c2n(C)c1=O. The molecule has 132 valence electrons. The molecule has 0 aliphatic carbocycles. The van der Waals surface area contributed by atoms with E-state index in [0.717, 1.165) is 4.57 Å². The third-order valence-electron chi connectivity index (χ3n) is 3.77. The van der Waals surface area contributed by atoms with Crippen molar-refractivity contribution < 1.29 is 4.74 Å². The van der Waals surface area contributed by atoms with Crippen LogP contribution < -0.4 is 16.0 Å². The summed E-state index contributed by atoms with van der Waals surface area (Å²) < 4.78 is 10.2. The first-order valence-electron chi connectivity index (χ1n) is 7.21. The van der Waals surface area contributed by atoms with Gasteiger partial charge in [0.05, 0.1) is 16.6 Å². The van der Waals surface area contributed by atoms with Crippen LogP contribution in [-0.2, 0) is 20.6 Å². The van der Waals surface area contributed by atoms with Crippen LogP contribution in [0.15, 0.2) is 32.5 Å². The van der Waals surface area contributed by atoms with Gasteiger partial charge in [0.2, 0.25) is 0 Å². The summed E-state index contributed by atoms with van der Waals surface area (Å²) in [6.07, 6.45) is 0. The van der Waals surface area contributed by atoms with Crippen LogP contribution in [0.2, 0.25) is 10.0 Å². The van der Waals surface area contributed by atoms with Gasteiger partial charge >= 0.3 is 5.69 Å². The highest BCUT2D eigenvalue weighted by Gasteiger charge is 2.18. The van der Waals surface area contributed by atoms with E-state index in [4.69, 9.17) is 27.9 Å². The molecule has 0 unspecified atom stereocenters. The van der Waals surface area contributed by atoms with E-state index in [-0.39, 0.29) is 12.1 Å². The van der Waals surface area contributed by atoms with Crippen LogP contribution in [0, 0.1) is 0 Å². The summed E-state index contributed by atoms with van der Waals surface area (Å²) in [6.45, 7) is 0.552. The van der Waals surface area contributed by atoms with E-state index in [1.807, 2.05) is 0 Å². The second-order valence-corrected chi connectivity index (χ2v) is 6.83. The maximum atomic E-state index is 12.2. The summed E-state index contributed by atoms with van der Waals surface area (Å²) >= 11 is 15.5. The maximum Gasteiger partial charge on any atom is 0.332 e. The standard InChI is InChI=1S/C15H13BrCl2N4O3/c1-20-12-10(13(23)21(2)15(20)24)19-14(16)22(12)6-7-25-11-8(17)4-3-5-9(11)18/h3-5H,6-7H2,1-2H3. The van der Waals surface area contributed by atoms with Gasteiger partial charge in [0.1, 0.15) is 6.61 Å². The molecule has 0 bridgehead atoms. The van der Waals surface area contributed by atoms with Crippen molar-refractivity contribution in [1.29, 1.82) is 0 Å². The fourth-order valence-electron chi connectivity index (χ4n) is 2.52. The molecule has 0 atom stereocenters. The number of halogens is 3. The van der Waals surface area contributed by atoms with Gasteiger partial charge in [-0.25, -0.2) is 9.78 Å². The number of nitrogens with zero attached hydrogens (tertiary/aromatic N) is 4. The summed E-state index contributed by atoms with van der Waals surface area (Å²) in [5.41, 5.74) is -0.269. The minimum absolute atomic E-state index is 0.201. The van der Waals surface area contributed by atoms with Crippen molar-refractivity contribution in [1.82, 2.24) is 18.7 Å². The predicted molar refractivity (Wildman–Crippen MR) is 99.9 cm³/mol. The summed E-state index contributed by atoms with van der Waals surface area (Å²) in [7, 11) is 3.00. The van der Waals surface area contributed by atoms with Crippen molar-refractivity contribution in [2.45, 2.75) is 6.54 Å². The molecule has 7 nitrogen and oxygen atoms in total. The Balaban J connectivity index is 1.96. The molecular weight excluding hydrogens is 435 g/mol. The van der Waals surface area contributed by atoms with Crippen LogP contribution in [0.25, 0.3) is 11.2 Å². The molecule has 0 N–H and O–H groups in total. The maximum absolute atomic E-state index is 12.2. The van der Waals surface area contributed by atoms with Crippen molar-refractivity contribution in [3.05, 3.63) is 53.8 Å². The van der Waals surface area contributed by atoms with Crippen molar-refractivity contribution in [3.8, 4) is 5.75 Å². The Bertz CT molecular complexity index is 1070. The number of benzene rings is 1. The van der Waals surface area contributed by atoms with Crippen molar-refractivity contribution >= 4 is 50.3 Å². The monoisotopic (exact) mass is 446 g/mol. The van der Waals surface area contributed by atoms with Gasteiger partial charge in [-0.2, -0.15) is 0 Å². The average molecular weight is 448 g/mol. The van der Waals surface area contributed by atoms with Gasteiger partial charge in [0.15, 0.2) is 21.6 Å². The lowest BCUT2D eigenvalue weighted by Crippen LogP contribution is -2.37. The minimum atomic E-state index is -0.451. The van der Waals surface area contributed by atoms with Crippen molar-refractivity contribution in [2.75, 3.05) is 6.61 Å². The molecule has 0 amide bonds. The quantitative estimate of drug-likeness (QED) is 0.576. The summed E-state index contributed by atoms with van der Waals surface area (Å²) in [4.78, 5) is 28.6. The highest BCUT2D eigenvalue weighted by atomic mass is 79.9. The Morgan fingerprint density at radius 3 is 2.44 bits per heavy atom. The number of imidazole rings is 1. The average Bonchev–Trinajstić information content (AvgIpc) is 2.90. The van der Waals surface area contributed by atoms with Crippen LogP contribution >= 0.6 is 39.1 Å². The van der Waals surface area contributed by atoms with Gasteiger partial charge in [0, 0.05) is 14.1 Å². The topological polar surface area (TPSA) is 71.0 Å².